The highest BCUT2D eigenvalue weighted by molar-refractivity contribution is 7.14. The van der Waals surface area contributed by atoms with Gasteiger partial charge < -0.3 is 10.1 Å². The number of hydrogen-bond donors (Lipinski definition) is 2. The third kappa shape index (κ3) is 4.05. The van der Waals surface area contributed by atoms with Gasteiger partial charge in [-0.05, 0) is 31.5 Å². The molecule has 7 heteroatoms. The number of ether oxygens (including phenoxy) is 1. The third-order valence-electron chi connectivity index (χ3n) is 3.01. The Balaban J connectivity index is 1.93. The van der Waals surface area contributed by atoms with Crippen molar-refractivity contribution in [3.05, 3.63) is 40.9 Å². The fourth-order valence-electron chi connectivity index (χ4n) is 1.80. The molecule has 0 saturated carbocycles. The van der Waals surface area contributed by atoms with Gasteiger partial charge in [0.2, 0.25) is 0 Å². The summed E-state index contributed by atoms with van der Waals surface area (Å²) in [5.41, 5.74) is 1.68. The molecule has 1 aromatic carbocycles. The number of nitrogens with zero attached hydrogens (tertiary/aromatic N) is 1. The van der Waals surface area contributed by atoms with Crippen LogP contribution in [0.5, 0.6) is 5.75 Å². The topological polar surface area (TPSA) is 80.3 Å². The molecule has 0 radical (unpaired) electrons. The van der Waals surface area contributed by atoms with Gasteiger partial charge in [0.05, 0.1) is 18.8 Å². The molecule has 2 N–H and O–H groups in total. The van der Waals surface area contributed by atoms with Crippen molar-refractivity contribution in [1.29, 1.82) is 0 Å². The normalized spacial score (nSPS) is 11.6. The first kappa shape index (κ1) is 16.0. The number of rotatable bonds is 4. The molecule has 0 aliphatic rings. The molecule has 2 rings (SSSR count). The smallest absolute Gasteiger partial charge is 0.315 e. The molecule has 0 saturated heterocycles. The SMILES string of the molecule is COc1ccc(C(C)NC(=O)C(=O)Nc2nc(C)cs2)cc1. The standard InChI is InChI=1S/C15H17N3O3S/c1-9-8-22-15(16-9)18-14(20)13(19)17-10(2)11-4-6-12(21-3)7-5-11/h4-8,10H,1-3H3,(H,17,19)(H,16,18,20). The van der Waals surface area contributed by atoms with Crippen LogP contribution in [0.25, 0.3) is 0 Å². The van der Waals surface area contributed by atoms with Gasteiger partial charge in [0, 0.05) is 5.38 Å². The van der Waals surface area contributed by atoms with Crippen LogP contribution in [-0.4, -0.2) is 23.9 Å². The van der Waals surface area contributed by atoms with Gasteiger partial charge in [-0.2, -0.15) is 0 Å². The first-order valence-electron chi connectivity index (χ1n) is 6.67. The zero-order chi connectivity index (χ0) is 16.1. The quantitative estimate of drug-likeness (QED) is 0.847. The molecule has 6 nitrogen and oxygen atoms in total. The number of methoxy groups -OCH3 is 1. The van der Waals surface area contributed by atoms with E-state index in [0.717, 1.165) is 17.0 Å². The van der Waals surface area contributed by atoms with Gasteiger partial charge in [0.15, 0.2) is 5.13 Å². The average molecular weight is 319 g/mol. The van der Waals surface area contributed by atoms with Crippen LogP contribution in [-0.2, 0) is 9.59 Å². The van der Waals surface area contributed by atoms with Crippen molar-refractivity contribution in [2.75, 3.05) is 12.4 Å². The Morgan fingerprint density at radius 1 is 1.23 bits per heavy atom. The van der Waals surface area contributed by atoms with Crippen molar-refractivity contribution >= 4 is 28.3 Å². The van der Waals surface area contributed by atoms with Crippen LogP contribution in [0.1, 0.15) is 24.2 Å². The van der Waals surface area contributed by atoms with Crippen molar-refractivity contribution in [2.24, 2.45) is 0 Å². The lowest BCUT2D eigenvalue weighted by Crippen LogP contribution is -2.36. The molecule has 2 aromatic rings. The van der Waals surface area contributed by atoms with Crippen molar-refractivity contribution in [3.8, 4) is 5.75 Å². The van der Waals surface area contributed by atoms with Gasteiger partial charge in [0.1, 0.15) is 5.75 Å². The monoisotopic (exact) mass is 319 g/mol. The summed E-state index contributed by atoms with van der Waals surface area (Å²) in [6, 6.07) is 6.99. The van der Waals surface area contributed by atoms with Crippen LogP contribution in [0.3, 0.4) is 0 Å². The van der Waals surface area contributed by atoms with Crippen LogP contribution >= 0.6 is 11.3 Å². The van der Waals surface area contributed by atoms with Crippen LogP contribution in [0.2, 0.25) is 0 Å². The zero-order valence-corrected chi connectivity index (χ0v) is 13.4. The summed E-state index contributed by atoms with van der Waals surface area (Å²) < 4.78 is 5.08. The minimum atomic E-state index is -0.727. The van der Waals surface area contributed by atoms with E-state index in [1.807, 2.05) is 19.1 Å². The molecule has 1 atom stereocenters. The van der Waals surface area contributed by atoms with Crippen molar-refractivity contribution in [1.82, 2.24) is 10.3 Å². The molecule has 1 heterocycles. The minimum absolute atomic E-state index is 0.290. The predicted octanol–water partition coefficient (Wildman–Crippen LogP) is 2.28. The first-order valence-corrected chi connectivity index (χ1v) is 7.55. The number of benzene rings is 1. The highest BCUT2D eigenvalue weighted by Crippen LogP contribution is 2.17. The number of hydrogen-bond acceptors (Lipinski definition) is 5. The van der Waals surface area contributed by atoms with Gasteiger partial charge in [0.25, 0.3) is 0 Å². The Hall–Kier alpha value is -2.41. The van der Waals surface area contributed by atoms with Gasteiger partial charge in [-0.3, -0.25) is 14.9 Å². The van der Waals surface area contributed by atoms with Crippen LogP contribution in [0.4, 0.5) is 5.13 Å². The van der Waals surface area contributed by atoms with Gasteiger partial charge in [-0.25, -0.2) is 4.98 Å². The van der Waals surface area contributed by atoms with Gasteiger partial charge in [-0.1, -0.05) is 12.1 Å². The second-order valence-electron chi connectivity index (χ2n) is 4.72. The van der Waals surface area contributed by atoms with E-state index in [1.54, 1.807) is 31.5 Å². The predicted molar refractivity (Wildman–Crippen MR) is 85.0 cm³/mol. The van der Waals surface area contributed by atoms with E-state index in [0.29, 0.717) is 5.13 Å². The number of carbonyl (C=O) groups excluding carboxylic acids is 2. The summed E-state index contributed by atoms with van der Waals surface area (Å²) in [7, 11) is 1.59. The fourth-order valence-corrected chi connectivity index (χ4v) is 2.49. The van der Waals surface area contributed by atoms with E-state index in [-0.39, 0.29) is 6.04 Å². The molecule has 0 fully saturated rings. The maximum atomic E-state index is 11.9. The number of amides is 2. The second-order valence-corrected chi connectivity index (χ2v) is 5.57. The third-order valence-corrected chi connectivity index (χ3v) is 3.88. The summed E-state index contributed by atoms with van der Waals surface area (Å²) in [5.74, 6) is -0.690. The van der Waals surface area contributed by atoms with Crippen molar-refractivity contribution in [2.45, 2.75) is 19.9 Å². The van der Waals surface area contributed by atoms with E-state index >= 15 is 0 Å². The second kappa shape index (κ2) is 7.04. The van der Waals surface area contributed by atoms with Crippen LogP contribution in [0.15, 0.2) is 29.6 Å². The number of thiazole rings is 1. The van der Waals surface area contributed by atoms with E-state index < -0.39 is 11.8 Å². The molecule has 22 heavy (non-hydrogen) atoms. The Morgan fingerprint density at radius 2 is 1.91 bits per heavy atom. The lowest BCUT2D eigenvalue weighted by molar-refractivity contribution is -0.136. The largest absolute Gasteiger partial charge is 0.497 e. The van der Waals surface area contributed by atoms with Gasteiger partial charge in [-0.15, -0.1) is 11.3 Å². The summed E-state index contributed by atoms with van der Waals surface area (Å²) in [6.45, 7) is 3.62. The molecule has 1 unspecified atom stereocenters. The highest BCUT2D eigenvalue weighted by Gasteiger charge is 2.18. The van der Waals surface area contributed by atoms with Crippen LogP contribution in [0, 0.1) is 6.92 Å². The molecule has 116 valence electrons. The fraction of sp³-hybridized carbons (Fsp3) is 0.267. The van der Waals surface area contributed by atoms with Crippen molar-refractivity contribution in [3.63, 3.8) is 0 Å². The Labute approximate surface area is 132 Å². The average Bonchev–Trinajstić information content (AvgIpc) is 2.92. The summed E-state index contributed by atoms with van der Waals surface area (Å²) >= 11 is 1.28. The Kier molecular flexibility index (Phi) is 5.11. The highest BCUT2D eigenvalue weighted by atomic mass is 32.1. The molecule has 0 aliphatic carbocycles. The van der Waals surface area contributed by atoms with E-state index in [9.17, 15) is 9.59 Å². The van der Waals surface area contributed by atoms with E-state index in [1.165, 1.54) is 11.3 Å². The zero-order valence-electron chi connectivity index (χ0n) is 12.5. The Morgan fingerprint density at radius 3 is 2.45 bits per heavy atom. The van der Waals surface area contributed by atoms with E-state index in [2.05, 4.69) is 15.6 Å². The first-order chi connectivity index (χ1) is 10.5. The molecule has 0 bridgehead atoms. The number of anilines is 1. The summed E-state index contributed by atoms with van der Waals surface area (Å²) in [4.78, 5) is 27.8. The molecular weight excluding hydrogens is 302 g/mol. The number of carbonyl (C=O) groups is 2. The van der Waals surface area contributed by atoms with Crippen LogP contribution < -0.4 is 15.4 Å². The van der Waals surface area contributed by atoms with Gasteiger partial charge >= 0.3 is 11.8 Å². The molecule has 1 aromatic heterocycles. The maximum Gasteiger partial charge on any atom is 0.315 e. The van der Waals surface area contributed by atoms with E-state index in [4.69, 9.17) is 4.74 Å². The summed E-state index contributed by atoms with van der Waals surface area (Å²) in [5, 5.41) is 7.33. The maximum absolute atomic E-state index is 11.9. The number of aromatic nitrogens is 1. The molecular formula is C15H17N3O3S. The number of aryl methyl sites for hydroxylation is 1. The minimum Gasteiger partial charge on any atom is -0.497 e. The summed E-state index contributed by atoms with van der Waals surface area (Å²) in [6.07, 6.45) is 0. The Bertz CT molecular complexity index is 667. The lowest BCUT2D eigenvalue weighted by Gasteiger charge is -2.14. The van der Waals surface area contributed by atoms with Crippen molar-refractivity contribution < 1.29 is 14.3 Å². The molecule has 0 spiro atoms. The molecule has 2 amide bonds. The molecule has 0 aliphatic heterocycles. The number of nitrogens with one attached hydrogen (secondary N) is 2. The lowest BCUT2D eigenvalue weighted by atomic mass is 10.1.